The molecule has 10 rings (SSSR count). The maximum absolute atomic E-state index is 10.8. The first-order chi connectivity index (χ1) is 24.9. The summed E-state index contributed by atoms with van der Waals surface area (Å²) in [4.78, 5) is 13.7. The van der Waals surface area contributed by atoms with Crippen LogP contribution in [0.5, 0.6) is 28.7 Å². The molecule has 0 saturated carbocycles. The van der Waals surface area contributed by atoms with Gasteiger partial charge < -0.3 is 30.1 Å². The van der Waals surface area contributed by atoms with Gasteiger partial charge in [-0.1, -0.05) is 60.7 Å². The van der Waals surface area contributed by atoms with Crippen LogP contribution in [0.2, 0.25) is 0 Å². The molecule has 5 N–H and O–H groups in total. The lowest BCUT2D eigenvalue weighted by atomic mass is 10.00. The van der Waals surface area contributed by atoms with Crippen molar-refractivity contribution in [3.8, 4) is 57.1 Å². The fourth-order valence-corrected chi connectivity index (χ4v) is 8.62. The van der Waals surface area contributed by atoms with Crippen molar-refractivity contribution < 1.29 is 25.5 Å². The zero-order valence-corrected chi connectivity index (χ0v) is 27.2. The standard InChI is InChI=1S/C41H24N4O5S/c46-34-31(35(47)37(49)38(50)36(34)48)32-26-12-7-19-42-41(26)44-40(43-32)20-15-17-21(18-16-20)45-27-13-5-3-10-24(27)30-33(45)23-9-2-1-8-22(23)29-25-11-4-6-14-28(25)51-39(29)30/h1-19,46-50H. The molecule has 0 aliphatic carbocycles. The Kier molecular flexibility index (Phi) is 6.00. The maximum atomic E-state index is 10.8. The molecule has 10 aromatic rings. The molecule has 0 unspecified atom stereocenters. The Hall–Kier alpha value is -6.91. The molecule has 0 spiro atoms. The highest BCUT2D eigenvalue weighted by atomic mass is 32.1. The average molecular weight is 685 g/mol. The Morgan fingerprint density at radius 2 is 1.16 bits per heavy atom. The summed E-state index contributed by atoms with van der Waals surface area (Å²) in [7, 11) is 0. The number of rotatable bonds is 3. The molecule has 0 radical (unpaired) electrons. The van der Waals surface area contributed by atoms with E-state index in [-0.39, 0.29) is 22.7 Å². The van der Waals surface area contributed by atoms with Crippen molar-refractivity contribution in [2.24, 2.45) is 0 Å². The minimum absolute atomic E-state index is 0.00833. The van der Waals surface area contributed by atoms with Gasteiger partial charge >= 0.3 is 0 Å². The largest absolute Gasteiger partial charge is 0.504 e. The van der Waals surface area contributed by atoms with Crippen molar-refractivity contribution in [3.63, 3.8) is 0 Å². The van der Waals surface area contributed by atoms with Crippen LogP contribution in [0.4, 0.5) is 0 Å². The van der Waals surface area contributed by atoms with Crippen LogP contribution in [0.3, 0.4) is 0 Å². The smallest absolute Gasteiger partial charge is 0.208 e. The number of phenols is 5. The van der Waals surface area contributed by atoms with Crippen molar-refractivity contribution in [3.05, 3.63) is 115 Å². The lowest BCUT2D eigenvalue weighted by molar-refractivity contribution is 0.330. The van der Waals surface area contributed by atoms with Crippen LogP contribution in [-0.2, 0) is 0 Å². The molecule has 0 atom stereocenters. The molecule has 4 heterocycles. The summed E-state index contributed by atoms with van der Waals surface area (Å²) in [6.45, 7) is 0. The van der Waals surface area contributed by atoms with Crippen molar-refractivity contribution in [2.45, 2.75) is 0 Å². The molecule has 9 nitrogen and oxygen atoms in total. The summed E-state index contributed by atoms with van der Waals surface area (Å²) in [5.74, 6) is -4.50. The third-order valence-corrected chi connectivity index (χ3v) is 10.8. The third kappa shape index (κ3) is 3.99. The first-order valence-corrected chi connectivity index (χ1v) is 16.9. The summed E-state index contributed by atoms with van der Waals surface area (Å²) in [5, 5.41) is 59.8. The third-order valence-electron chi connectivity index (χ3n) is 9.61. The van der Waals surface area contributed by atoms with E-state index in [4.69, 9.17) is 0 Å². The van der Waals surface area contributed by atoms with Gasteiger partial charge in [0, 0.05) is 59.2 Å². The highest BCUT2D eigenvalue weighted by Crippen LogP contribution is 2.55. The fraction of sp³-hybridized carbons (Fsp3) is 0. The van der Waals surface area contributed by atoms with Crippen LogP contribution in [0.25, 0.3) is 92.1 Å². The number of benzene rings is 6. The Morgan fingerprint density at radius 3 is 1.92 bits per heavy atom. The molecule has 6 aromatic carbocycles. The predicted molar refractivity (Wildman–Crippen MR) is 201 cm³/mol. The quantitative estimate of drug-likeness (QED) is 0.0914. The van der Waals surface area contributed by atoms with Crippen LogP contribution in [0, 0.1) is 0 Å². The number of phenolic OH excluding ortho intramolecular Hbond substituents is 5. The van der Waals surface area contributed by atoms with Gasteiger partial charge in [0.25, 0.3) is 0 Å². The number of aromatic hydroxyl groups is 5. The summed E-state index contributed by atoms with van der Waals surface area (Å²) in [6.07, 6.45) is 1.55. The number of aromatic nitrogens is 4. The molecule has 10 heteroatoms. The van der Waals surface area contributed by atoms with Crippen LogP contribution >= 0.6 is 11.3 Å². The van der Waals surface area contributed by atoms with E-state index in [0.29, 0.717) is 10.9 Å². The minimum atomic E-state index is -1.05. The summed E-state index contributed by atoms with van der Waals surface area (Å²) >= 11 is 1.82. The van der Waals surface area contributed by atoms with Gasteiger partial charge in [-0.05, 0) is 53.9 Å². The predicted octanol–water partition coefficient (Wildman–Crippen LogP) is 9.50. The Bertz CT molecular complexity index is 3070. The number of para-hydroxylation sites is 1. The van der Waals surface area contributed by atoms with E-state index >= 15 is 0 Å². The van der Waals surface area contributed by atoms with E-state index in [1.165, 1.54) is 30.9 Å². The van der Waals surface area contributed by atoms with Gasteiger partial charge in [-0.2, -0.15) is 0 Å². The lowest BCUT2D eigenvalue weighted by Crippen LogP contribution is -1.98. The van der Waals surface area contributed by atoms with Crippen LogP contribution in [0.15, 0.2) is 115 Å². The monoisotopic (exact) mass is 684 g/mol. The van der Waals surface area contributed by atoms with Gasteiger partial charge in [0.1, 0.15) is 0 Å². The van der Waals surface area contributed by atoms with E-state index < -0.39 is 28.7 Å². The summed E-state index contributed by atoms with van der Waals surface area (Å²) < 4.78 is 4.79. The summed E-state index contributed by atoms with van der Waals surface area (Å²) in [6, 6.07) is 36.7. The molecule has 0 aliphatic rings. The number of hydrogen-bond donors (Lipinski definition) is 5. The molecule has 0 saturated heterocycles. The molecule has 4 aromatic heterocycles. The van der Waals surface area contributed by atoms with Crippen LogP contribution in [0.1, 0.15) is 0 Å². The minimum Gasteiger partial charge on any atom is -0.504 e. The van der Waals surface area contributed by atoms with Gasteiger partial charge in [0.2, 0.25) is 17.2 Å². The lowest BCUT2D eigenvalue weighted by Gasteiger charge is -2.14. The normalized spacial score (nSPS) is 11.9. The highest BCUT2D eigenvalue weighted by Gasteiger charge is 2.28. The van der Waals surface area contributed by atoms with Crippen molar-refractivity contribution >= 4 is 75.1 Å². The van der Waals surface area contributed by atoms with E-state index in [1.807, 2.05) is 35.6 Å². The first kappa shape index (κ1) is 29.0. The van der Waals surface area contributed by atoms with Crippen LogP contribution < -0.4 is 0 Å². The SMILES string of the molecule is Oc1c(O)c(O)c(-c2nc(-c3ccc(-n4c5ccccc5c5c6sc7ccccc7c6c6ccccc6c54)cc3)nc3ncccc23)c(O)c1O. The van der Waals surface area contributed by atoms with E-state index in [9.17, 15) is 25.5 Å². The van der Waals surface area contributed by atoms with Crippen molar-refractivity contribution in [2.75, 3.05) is 0 Å². The van der Waals surface area contributed by atoms with Crippen LogP contribution in [-0.4, -0.2) is 45.1 Å². The number of hydrogen-bond acceptors (Lipinski definition) is 9. The average Bonchev–Trinajstić information content (AvgIpc) is 3.73. The zero-order valence-electron chi connectivity index (χ0n) is 26.4. The Balaban J connectivity index is 1.21. The maximum Gasteiger partial charge on any atom is 0.208 e. The van der Waals surface area contributed by atoms with Gasteiger partial charge in [-0.15, -0.1) is 11.3 Å². The first-order valence-electron chi connectivity index (χ1n) is 16.1. The van der Waals surface area contributed by atoms with Gasteiger partial charge in [-0.3, -0.25) is 0 Å². The molecule has 0 fully saturated rings. The van der Waals surface area contributed by atoms with Crippen molar-refractivity contribution in [1.29, 1.82) is 0 Å². The van der Waals surface area contributed by atoms with E-state index in [1.54, 1.807) is 18.3 Å². The number of pyridine rings is 1. The second kappa shape index (κ2) is 10.5. The second-order valence-electron chi connectivity index (χ2n) is 12.4. The number of nitrogens with zero attached hydrogens (tertiary/aromatic N) is 4. The Labute approximate surface area is 291 Å². The molecule has 244 valence electrons. The number of thiophene rings is 1. The molecular formula is C41H24N4O5S. The fourth-order valence-electron chi connectivity index (χ4n) is 7.34. The van der Waals surface area contributed by atoms with Crippen molar-refractivity contribution in [1.82, 2.24) is 19.5 Å². The second-order valence-corrected chi connectivity index (χ2v) is 13.4. The zero-order chi connectivity index (χ0) is 34.5. The number of fused-ring (bicyclic) bond motifs is 11. The molecule has 51 heavy (non-hydrogen) atoms. The topological polar surface area (TPSA) is 145 Å². The summed E-state index contributed by atoms with van der Waals surface area (Å²) in [5.41, 5.74) is 3.63. The van der Waals surface area contributed by atoms with Gasteiger partial charge in [0.05, 0.1) is 22.3 Å². The molecule has 0 aliphatic heterocycles. The van der Waals surface area contributed by atoms with E-state index in [0.717, 1.165) is 27.5 Å². The highest BCUT2D eigenvalue weighted by molar-refractivity contribution is 7.27. The Morgan fingerprint density at radius 1 is 0.529 bits per heavy atom. The molecular weight excluding hydrogens is 661 g/mol. The molecule has 0 amide bonds. The van der Waals surface area contributed by atoms with Gasteiger partial charge in [0.15, 0.2) is 23.0 Å². The van der Waals surface area contributed by atoms with E-state index in [2.05, 4.69) is 92.3 Å². The van der Waals surface area contributed by atoms with Gasteiger partial charge in [-0.25, -0.2) is 15.0 Å². The molecule has 0 bridgehead atoms.